The highest BCUT2D eigenvalue weighted by molar-refractivity contribution is 5.54. The van der Waals surface area contributed by atoms with Crippen LogP contribution in [0.5, 0.6) is 0 Å². The number of nitrogens with two attached hydrogens (primary N) is 1. The number of nitrogen functional groups attached to an aromatic ring is 1. The van der Waals surface area contributed by atoms with E-state index in [0.29, 0.717) is 0 Å². The van der Waals surface area contributed by atoms with E-state index in [2.05, 4.69) is 4.90 Å². The Morgan fingerprint density at radius 1 is 1.40 bits per heavy atom. The minimum absolute atomic E-state index is 0.258. The van der Waals surface area contributed by atoms with Crippen LogP contribution in [0.2, 0.25) is 0 Å². The molecule has 2 atom stereocenters. The van der Waals surface area contributed by atoms with Gasteiger partial charge in [0.25, 0.3) is 0 Å². The maximum absolute atomic E-state index is 9.67. The van der Waals surface area contributed by atoms with E-state index >= 15 is 0 Å². The number of rotatable bonds is 2. The van der Waals surface area contributed by atoms with Crippen molar-refractivity contribution in [1.29, 1.82) is 0 Å². The SMILES string of the molecule is C[C@H](O)[C@@H]1CCCN1c1ccc(N)cc1. The number of nitrogens with zero attached hydrogens (tertiary/aromatic N) is 1. The predicted molar refractivity (Wildman–Crippen MR) is 62.9 cm³/mol. The highest BCUT2D eigenvalue weighted by Gasteiger charge is 2.28. The summed E-state index contributed by atoms with van der Waals surface area (Å²) in [5.41, 5.74) is 7.60. The average molecular weight is 206 g/mol. The molecule has 1 fully saturated rings. The van der Waals surface area contributed by atoms with Gasteiger partial charge in [-0.25, -0.2) is 0 Å². The second-order valence-electron chi connectivity index (χ2n) is 4.24. The minimum Gasteiger partial charge on any atom is -0.399 e. The minimum atomic E-state index is -0.273. The third-order valence-electron chi connectivity index (χ3n) is 3.08. The van der Waals surface area contributed by atoms with Gasteiger partial charge in [0.2, 0.25) is 0 Å². The van der Waals surface area contributed by atoms with Crippen LogP contribution < -0.4 is 10.6 Å². The Hall–Kier alpha value is -1.22. The topological polar surface area (TPSA) is 49.5 Å². The fourth-order valence-electron chi connectivity index (χ4n) is 2.28. The van der Waals surface area contributed by atoms with E-state index in [1.54, 1.807) is 0 Å². The largest absolute Gasteiger partial charge is 0.399 e. The summed E-state index contributed by atoms with van der Waals surface area (Å²) in [7, 11) is 0. The third kappa shape index (κ3) is 2.07. The molecule has 1 aliphatic heterocycles. The molecule has 0 radical (unpaired) electrons. The second-order valence-corrected chi connectivity index (χ2v) is 4.24. The summed E-state index contributed by atoms with van der Waals surface area (Å²) in [4.78, 5) is 2.27. The first-order valence-corrected chi connectivity index (χ1v) is 5.49. The fraction of sp³-hybridized carbons (Fsp3) is 0.500. The summed E-state index contributed by atoms with van der Waals surface area (Å²) in [6, 6.07) is 8.12. The van der Waals surface area contributed by atoms with Gasteiger partial charge in [0, 0.05) is 17.9 Å². The van der Waals surface area contributed by atoms with Crippen molar-refractivity contribution in [3.05, 3.63) is 24.3 Å². The van der Waals surface area contributed by atoms with Crippen LogP contribution >= 0.6 is 0 Å². The molecule has 82 valence electrons. The van der Waals surface area contributed by atoms with Crippen LogP contribution in [0, 0.1) is 0 Å². The molecule has 3 nitrogen and oxygen atoms in total. The average Bonchev–Trinajstić information content (AvgIpc) is 2.67. The van der Waals surface area contributed by atoms with E-state index < -0.39 is 0 Å². The van der Waals surface area contributed by atoms with E-state index in [-0.39, 0.29) is 12.1 Å². The van der Waals surface area contributed by atoms with Crippen molar-refractivity contribution < 1.29 is 5.11 Å². The van der Waals surface area contributed by atoms with E-state index in [0.717, 1.165) is 30.8 Å². The van der Waals surface area contributed by atoms with Crippen LogP contribution in [0.4, 0.5) is 11.4 Å². The van der Waals surface area contributed by atoms with Gasteiger partial charge in [0.15, 0.2) is 0 Å². The van der Waals surface area contributed by atoms with Crippen LogP contribution in [0.1, 0.15) is 19.8 Å². The molecule has 3 heteroatoms. The molecule has 1 heterocycles. The first kappa shape index (κ1) is 10.3. The van der Waals surface area contributed by atoms with Gasteiger partial charge in [-0.3, -0.25) is 0 Å². The summed E-state index contributed by atoms with van der Waals surface area (Å²) >= 11 is 0. The van der Waals surface area contributed by atoms with Crippen LogP contribution in [0.15, 0.2) is 24.3 Å². The van der Waals surface area contributed by atoms with Gasteiger partial charge in [-0.15, -0.1) is 0 Å². The molecule has 0 saturated carbocycles. The Labute approximate surface area is 90.5 Å². The van der Waals surface area contributed by atoms with Crippen molar-refractivity contribution in [3.63, 3.8) is 0 Å². The number of hydrogen-bond donors (Lipinski definition) is 2. The molecule has 15 heavy (non-hydrogen) atoms. The molecule has 3 N–H and O–H groups in total. The maximum Gasteiger partial charge on any atom is 0.0715 e. The first-order valence-electron chi connectivity index (χ1n) is 5.49. The summed E-state index contributed by atoms with van der Waals surface area (Å²) in [5, 5.41) is 9.67. The van der Waals surface area contributed by atoms with Gasteiger partial charge >= 0.3 is 0 Å². The van der Waals surface area contributed by atoms with Crippen molar-refractivity contribution in [2.24, 2.45) is 0 Å². The van der Waals surface area contributed by atoms with Crippen molar-refractivity contribution in [2.45, 2.75) is 31.9 Å². The van der Waals surface area contributed by atoms with E-state index in [1.165, 1.54) is 0 Å². The lowest BCUT2D eigenvalue weighted by molar-refractivity contribution is 0.164. The Bertz CT molecular complexity index is 321. The molecule has 0 amide bonds. The zero-order chi connectivity index (χ0) is 10.8. The van der Waals surface area contributed by atoms with Crippen molar-refractivity contribution in [2.75, 3.05) is 17.2 Å². The van der Waals surface area contributed by atoms with Crippen molar-refractivity contribution in [3.8, 4) is 0 Å². The monoisotopic (exact) mass is 206 g/mol. The van der Waals surface area contributed by atoms with Crippen molar-refractivity contribution >= 4 is 11.4 Å². The molecule has 0 bridgehead atoms. The Morgan fingerprint density at radius 2 is 2.07 bits per heavy atom. The van der Waals surface area contributed by atoms with Crippen LogP contribution in [-0.4, -0.2) is 23.8 Å². The highest BCUT2D eigenvalue weighted by Crippen LogP contribution is 2.27. The zero-order valence-corrected chi connectivity index (χ0v) is 9.06. The second kappa shape index (κ2) is 4.11. The molecular formula is C12H18N2O. The van der Waals surface area contributed by atoms with E-state index in [4.69, 9.17) is 5.73 Å². The number of aliphatic hydroxyl groups excluding tert-OH is 1. The maximum atomic E-state index is 9.67. The summed E-state index contributed by atoms with van der Waals surface area (Å²) in [5.74, 6) is 0. The summed E-state index contributed by atoms with van der Waals surface area (Å²) in [6.07, 6.45) is 1.95. The molecule has 0 aromatic heterocycles. The lowest BCUT2D eigenvalue weighted by Crippen LogP contribution is -2.37. The third-order valence-corrected chi connectivity index (χ3v) is 3.08. The van der Waals surface area contributed by atoms with E-state index in [9.17, 15) is 5.11 Å². The smallest absolute Gasteiger partial charge is 0.0715 e. The number of aliphatic hydroxyl groups is 1. The Morgan fingerprint density at radius 3 is 2.67 bits per heavy atom. The van der Waals surface area contributed by atoms with Crippen LogP contribution in [0.3, 0.4) is 0 Å². The summed E-state index contributed by atoms with van der Waals surface area (Å²) < 4.78 is 0. The number of benzene rings is 1. The standard InChI is InChI=1S/C12H18N2O/c1-9(15)12-3-2-8-14(12)11-6-4-10(13)5-7-11/h4-7,9,12,15H,2-3,8,13H2,1H3/t9-,12-/m0/s1. The molecule has 1 aromatic carbocycles. The van der Waals surface area contributed by atoms with Crippen LogP contribution in [0.25, 0.3) is 0 Å². The predicted octanol–water partition coefficient (Wildman–Crippen LogP) is 1.62. The van der Waals surface area contributed by atoms with Gasteiger partial charge in [0.05, 0.1) is 12.1 Å². The molecule has 0 spiro atoms. The fourth-order valence-corrected chi connectivity index (χ4v) is 2.28. The molecule has 1 aromatic rings. The molecule has 2 rings (SSSR count). The molecule has 1 saturated heterocycles. The van der Waals surface area contributed by atoms with Gasteiger partial charge < -0.3 is 15.7 Å². The Balaban J connectivity index is 2.19. The highest BCUT2D eigenvalue weighted by atomic mass is 16.3. The molecule has 0 unspecified atom stereocenters. The van der Waals surface area contributed by atoms with Crippen LogP contribution in [-0.2, 0) is 0 Å². The first-order chi connectivity index (χ1) is 7.18. The quantitative estimate of drug-likeness (QED) is 0.723. The Kier molecular flexibility index (Phi) is 2.82. The lowest BCUT2D eigenvalue weighted by Gasteiger charge is -2.28. The number of hydrogen-bond acceptors (Lipinski definition) is 3. The molecule has 1 aliphatic rings. The molecule has 0 aliphatic carbocycles. The zero-order valence-electron chi connectivity index (χ0n) is 9.06. The number of anilines is 2. The van der Waals surface area contributed by atoms with Gasteiger partial charge in [-0.1, -0.05) is 0 Å². The normalized spacial score (nSPS) is 23.1. The lowest BCUT2D eigenvalue weighted by atomic mass is 10.1. The van der Waals surface area contributed by atoms with Gasteiger partial charge in [-0.05, 0) is 44.0 Å². The van der Waals surface area contributed by atoms with Crippen molar-refractivity contribution in [1.82, 2.24) is 0 Å². The van der Waals surface area contributed by atoms with Gasteiger partial charge in [-0.2, -0.15) is 0 Å². The van der Waals surface area contributed by atoms with Gasteiger partial charge in [0.1, 0.15) is 0 Å². The molecular weight excluding hydrogens is 188 g/mol. The van der Waals surface area contributed by atoms with E-state index in [1.807, 2.05) is 31.2 Å². The summed E-state index contributed by atoms with van der Waals surface area (Å²) in [6.45, 7) is 2.89.